The molecule has 0 bridgehead atoms. The molecule has 2 amide bonds. The van der Waals surface area contributed by atoms with E-state index in [4.69, 9.17) is 17.3 Å². The number of amides is 2. The van der Waals surface area contributed by atoms with Gasteiger partial charge in [0.1, 0.15) is 5.82 Å². The van der Waals surface area contributed by atoms with Crippen molar-refractivity contribution in [1.29, 1.82) is 0 Å². The van der Waals surface area contributed by atoms with E-state index in [1.807, 2.05) is 12.1 Å². The highest BCUT2D eigenvalue weighted by Gasteiger charge is 2.18. The number of nitrogens with one attached hydrogen (secondary N) is 1. The summed E-state index contributed by atoms with van der Waals surface area (Å²) in [6, 6.07) is 11.4. The Balaban J connectivity index is 1.44. The molecular formula is C20H22ClFN4O2. The van der Waals surface area contributed by atoms with Crippen molar-refractivity contribution in [2.45, 2.75) is 6.42 Å². The van der Waals surface area contributed by atoms with Crippen molar-refractivity contribution in [2.75, 3.05) is 42.9 Å². The van der Waals surface area contributed by atoms with E-state index in [1.165, 1.54) is 18.2 Å². The zero-order chi connectivity index (χ0) is 20.1. The first-order valence-corrected chi connectivity index (χ1v) is 9.42. The predicted molar refractivity (Wildman–Crippen MR) is 108 cm³/mol. The van der Waals surface area contributed by atoms with Gasteiger partial charge in [-0.25, -0.2) is 4.39 Å². The molecule has 2 aromatic rings. The van der Waals surface area contributed by atoms with E-state index in [0.717, 1.165) is 31.9 Å². The molecule has 28 heavy (non-hydrogen) atoms. The lowest BCUT2D eigenvalue weighted by Crippen LogP contribution is -2.47. The Bertz CT molecular complexity index is 852. The fourth-order valence-corrected chi connectivity index (χ4v) is 3.29. The molecule has 0 unspecified atom stereocenters. The molecule has 3 rings (SSSR count). The first-order chi connectivity index (χ1) is 13.4. The Morgan fingerprint density at radius 1 is 1.07 bits per heavy atom. The van der Waals surface area contributed by atoms with Crippen LogP contribution in [0.15, 0.2) is 42.5 Å². The summed E-state index contributed by atoms with van der Waals surface area (Å²) in [4.78, 5) is 27.7. The van der Waals surface area contributed by atoms with Crippen molar-refractivity contribution >= 4 is 34.8 Å². The van der Waals surface area contributed by atoms with Gasteiger partial charge in [-0.05, 0) is 42.5 Å². The third-order valence-corrected chi connectivity index (χ3v) is 4.98. The summed E-state index contributed by atoms with van der Waals surface area (Å²) < 4.78 is 13.7. The van der Waals surface area contributed by atoms with Crippen molar-refractivity contribution < 1.29 is 14.0 Å². The highest BCUT2D eigenvalue weighted by molar-refractivity contribution is 6.30. The van der Waals surface area contributed by atoms with Gasteiger partial charge in [0.05, 0.1) is 5.69 Å². The maximum Gasteiger partial charge on any atom is 0.248 e. The van der Waals surface area contributed by atoms with Crippen LogP contribution in [-0.4, -0.2) is 49.4 Å². The van der Waals surface area contributed by atoms with Crippen LogP contribution in [0.3, 0.4) is 0 Å². The SMILES string of the molecule is NC(=O)c1ccc(N2CCN(CCC(=O)Nc3ccc(Cl)cc3F)CC2)cc1. The predicted octanol–water partition coefficient (Wildman–Crippen LogP) is 2.73. The van der Waals surface area contributed by atoms with Crippen molar-refractivity contribution in [3.63, 3.8) is 0 Å². The second kappa shape index (κ2) is 9.03. The van der Waals surface area contributed by atoms with Gasteiger partial charge >= 0.3 is 0 Å². The third-order valence-electron chi connectivity index (χ3n) is 4.75. The lowest BCUT2D eigenvalue weighted by molar-refractivity contribution is -0.116. The molecule has 1 saturated heterocycles. The lowest BCUT2D eigenvalue weighted by Gasteiger charge is -2.36. The summed E-state index contributed by atoms with van der Waals surface area (Å²) in [6.07, 6.45) is 0.287. The summed E-state index contributed by atoms with van der Waals surface area (Å²) in [6.45, 7) is 3.89. The molecule has 0 spiro atoms. The van der Waals surface area contributed by atoms with E-state index in [-0.39, 0.29) is 23.0 Å². The van der Waals surface area contributed by atoms with Crippen LogP contribution >= 0.6 is 11.6 Å². The smallest absolute Gasteiger partial charge is 0.248 e. The Morgan fingerprint density at radius 3 is 2.36 bits per heavy atom. The van der Waals surface area contributed by atoms with Gasteiger partial charge in [-0.15, -0.1) is 0 Å². The van der Waals surface area contributed by atoms with E-state index in [1.54, 1.807) is 12.1 Å². The monoisotopic (exact) mass is 404 g/mol. The van der Waals surface area contributed by atoms with E-state index in [2.05, 4.69) is 15.1 Å². The fraction of sp³-hybridized carbons (Fsp3) is 0.300. The summed E-state index contributed by atoms with van der Waals surface area (Å²) in [7, 11) is 0. The fourth-order valence-electron chi connectivity index (χ4n) is 3.13. The molecule has 148 valence electrons. The minimum Gasteiger partial charge on any atom is -0.369 e. The first kappa shape index (κ1) is 20.1. The van der Waals surface area contributed by atoms with Crippen LogP contribution in [0.1, 0.15) is 16.8 Å². The topological polar surface area (TPSA) is 78.7 Å². The summed E-state index contributed by atoms with van der Waals surface area (Å²) >= 11 is 5.71. The Morgan fingerprint density at radius 2 is 1.75 bits per heavy atom. The van der Waals surface area contributed by atoms with Gasteiger partial charge in [0.2, 0.25) is 11.8 Å². The van der Waals surface area contributed by atoms with Crippen LogP contribution in [0.5, 0.6) is 0 Å². The van der Waals surface area contributed by atoms with Crippen molar-refractivity contribution in [2.24, 2.45) is 5.73 Å². The molecule has 0 atom stereocenters. The number of anilines is 2. The summed E-state index contributed by atoms with van der Waals surface area (Å²) in [5.41, 5.74) is 6.93. The Hall–Kier alpha value is -2.64. The molecule has 1 fully saturated rings. The van der Waals surface area contributed by atoms with E-state index >= 15 is 0 Å². The number of carbonyl (C=O) groups is 2. The summed E-state index contributed by atoms with van der Waals surface area (Å²) in [5.74, 6) is -1.21. The number of hydrogen-bond donors (Lipinski definition) is 2. The van der Waals surface area contributed by atoms with Gasteiger partial charge in [-0.3, -0.25) is 14.5 Å². The molecule has 0 saturated carbocycles. The van der Waals surface area contributed by atoms with Crippen molar-refractivity contribution in [1.82, 2.24) is 4.90 Å². The maximum absolute atomic E-state index is 13.7. The van der Waals surface area contributed by atoms with Crippen LogP contribution in [0.2, 0.25) is 5.02 Å². The minimum atomic E-state index is -0.545. The molecule has 1 heterocycles. The lowest BCUT2D eigenvalue weighted by atomic mass is 10.1. The zero-order valence-electron chi connectivity index (χ0n) is 15.3. The molecule has 2 aromatic carbocycles. The van der Waals surface area contributed by atoms with E-state index < -0.39 is 11.7 Å². The highest BCUT2D eigenvalue weighted by atomic mass is 35.5. The Kier molecular flexibility index (Phi) is 6.49. The average Bonchev–Trinajstić information content (AvgIpc) is 2.69. The number of hydrogen-bond acceptors (Lipinski definition) is 4. The van der Waals surface area contributed by atoms with E-state index in [9.17, 15) is 14.0 Å². The number of rotatable bonds is 6. The van der Waals surface area contributed by atoms with Gasteiger partial charge in [-0.1, -0.05) is 11.6 Å². The van der Waals surface area contributed by atoms with Crippen LogP contribution in [0, 0.1) is 5.82 Å². The first-order valence-electron chi connectivity index (χ1n) is 9.04. The number of nitrogens with zero attached hydrogens (tertiary/aromatic N) is 2. The second-order valence-corrected chi connectivity index (χ2v) is 7.10. The van der Waals surface area contributed by atoms with Crippen LogP contribution < -0.4 is 16.0 Å². The minimum absolute atomic E-state index is 0.138. The number of nitrogens with two attached hydrogens (primary N) is 1. The Labute approximate surface area is 168 Å². The summed E-state index contributed by atoms with van der Waals surface area (Å²) in [5, 5.41) is 2.87. The molecule has 0 aromatic heterocycles. The van der Waals surface area contributed by atoms with Crippen molar-refractivity contribution in [3.8, 4) is 0 Å². The molecule has 3 N–H and O–H groups in total. The van der Waals surface area contributed by atoms with Gasteiger partial charge in [0.25, 0.3) is 0 Å². The largest absolute Gasteiger partial charge is 0.369 e. The van der Waals surface area contributed by atoms with E-state index in [0.29, 0.717) is 12.1 Å². The normalized spacial score (nSPS) is 14.7. The number of carbonyl (C=O) groups excluding carboxylic acids is 2. The van der Waals surface area contributed by atoms with Crippen LogP contribution in [0.25, 0.3) is 0 Å². The molecule has 1 aliphatic rings. The maximum atomic E-state index is 13.7. The van der Waals surface area contributed by atoms with Crippen molar-refractivity contribution in [3.05, 3.63) is 58.9 Å². The number of piperazine rings is 1. The molecular weight excluding hydrogens is 383 g/mol. The molecule has 0 aliphatic carbocycles. The van der Waals surface area contributed by atoms with Crippen LogP contribution in [-0.2, 0) is 4.79 Å². The number of benzene rings is 2. The zero-order valence-corrected chi connectivity index (χ0v) is 16.1. The molecule has 0 radical (unpaired) electrons. The van der Waals surface area contributed by atoms with Crippen LogP contribution in [0.4, 0.5) is 15.8 Å². The third kappa shape index (κ3) is 5.21. The molecule has 6 nitrogen and oxygen atoms in total. The number of halogens is 2. The van der Waals surface area contributed by atoms with Gasteiger partial charge in [0, 0.05) is 55.4 Å². The molecule has 8 heteroatoms. The average molecular weight is 405 g/mol. The standard InChI is InChI=1S/C20H22ClFN4O2/c21-15-3-6-18(17(22)13-15)24-19(27)7-8-25-9-11-26(12-10-25)16-4-1-14(2-5-16)20(23)28/h1-6,13H,7-12H2,(H2,23,28)(H,24,27). The second-order valence-electron chi connectivity index (χ2n) is 6.66. The number of primary amides is 1. The van der Waals surface area contributed by atoms with Gasteiger partial charge in [-0.2, -0.15) is 0 Å². The molecule has 1 aliphatic heterocycles. The highest BCUT2D eigenvalue weighted by Crippen LogP contribution is 2.20. The quantitative estimate of drug-likeness (QED) is 0.776. The van der Waals surface area contributed by atoms with Gasteiger partial charge < -0.3 is 16.0 Å². The van der Waals surface area contributed by atoms with Gasteiger partial charge in [0.15, 0.2) is 0 Å².